The Kier molecular flexibility index (Phi) is 7.85. The maximum Gasteiger partial charge on any atom is 0.405 e. The van der Waals surface area contributed by atoms with Crippen LogP contribution in [0.25, 0.3) is 11.1 Å². The second kappa shape index (κ2) is 10.6. The molecule has 0 aliphatic carbocycles. The van der Waals surface area contributed by atoms with Gasteiger partial charge in [0.15, 0.2) is 5.82 Å². The fourth-order valence-corrected chi connectivity index (χ4v) is 3.73. The van der Waals surface area contributed by atoms with Crippen molar-refractivity contribution in [2.24, 2.45) is 5.73 Å². The Hall–Kier alpha value is -3.79. The summed E-state index contributed by atoms with van der Waals surface area (Å²) in [4.78, 5) is 12.7. The van der Waals surface area contributed by atoms with Crippen molar-refractivity contribution in [3.8, 4) is 11.1 Å². The Morgan fingerprint density at radius 2 is 1.77 bits per heavy atom. The number of halogens is 5. The van der Waals surface area contributed by atoms with Gasteiger partial charge in [0.2, 0.25) is 5.91 Å². The molecule has 3 aromatic carbocycles. The van der Waals surface area contributed by atoms with Gasteiger partial charge >= 0.3 is 6.18 Å². The van der Waals surface area contributed by atoms with Crippen LogP contribution in [0.5, 0.6) is 0 Å². The molecule has 0 bridgehead atoms. The van der Waals surface area contributed by atoms with Crippen molar-refractivity contribution in [1.82, 2.24) is 5.32 Å². The quantitative estimate of drug-likeness (QED) is 0.130. The maximum absolute atomic E-state index is 15.4. The van der Waals surface area contributed by atoms with Crippen LogP contribution < -0.4 is 22.1 Å². The van der Waals surface area contributed by atoms with E-state index in [-0.39, 0.29) is 28.5 Å². The van der Waals surface area contributed by atoms with Crippen molar-refractivity contribution in [3.63, 3.8) is 0 Å². The number of nitrogen functional groups attached to an aromatic ring is 2. The number of rotatable bonds is 8. The molecular weight excluding hydrogens is 486 g/mol. The van der Waals surface area contributed by atoms with Crippen LogP contribution in [0.3, 0.4) is 0 Å². The molecule has 0 saturated heterocycles. The van der Waals surface area contributed by atoms with Gasteiger partial charge in [-0.05, 0) is 29.3 Å². The molecule has 35 heavy (non-hydrogen) atoms. The molecule has 0 radical (unpaired) electrons. The summed E-state index contributed by atoms with van der Waals surface area (Å²) in [6, 6.07) is 14.0. The first-order valence-corrected chi connectivity index (χ1v) is 10.7. The van der Waals surface area contributed by atoms with Crippen molar-refractivity contribution in [3.05, 3.63) is 82.1 Å². The van der Waals surface area contributed by atoms with E-state index in [0.29, 0.717) is 22.4 Å². The van der Waals surface area contributed by atoms with Gasteiger partial charge in [0, 0.05) is 28.9 Å². The van der Waals surface area contributed by atoms with Gasteiger partial charge in [0.25, 0.3) is 0 Å². The highest BCUT2D eigenvalue weighted by Gasteiger charge is 2.28. The normalized spacial score (nSPS) is 11.2. The number of nitrogens with one attached hydrogen (secondary N) is 3. The first kappa shape index (κ1) is 25.8. The highest BCUT2D eigenvalue weighted by Crippen LogP contribution is 2.38. The van der Waals surface area contributed by atoms with Crippen molar-refractivity contribution < 1.29 is 22.4 Å². The van der Waals surface area contributed by atoms with E-state index in [4.69, 9.17) is 28.5 Å². The Bertz CT molecular complexity index is 1250. The minimum absolute atomic E-state index is 0.0377. The van der Waals surface area contributed by atoms with Gasteiger partial charge in [-0.3, -0.25) is 10.2 Å². The molecular formula is C24H22ClF4N5O. The maximum atomic E-state index is 15.4. The lowest BCUT2D eigenvalue weighted by atomic mass is 9.95. The van der Waals surface area contributed by atoms with Gasteiger partial charge in [-0.25, -0.2) is 4.39 Å². The van der Waals surface area contributed by atoms with Crippen LogP contribution in [-0.4, -0.2) is 24.5 Å². The van der Waals surface area contributed by atoms with Crippen molar-refractivity contribution in [1.29, 1.82) is 5.41 Å². The lowest BCUT2D eigenvalue weighted by Crippen LogP contribution is -2.26. The van der Waals surface area contributed by atoms with Crippen LogP contribution in [0.4, 0.5) is 28.9 Å². The zero-order valence-corrected chi connectivity index (χ0v) is 19.0. The zero-order chi connectivity index (χ0) is 25.8. The van der Waals surface area contributed by atoms with E-state index in [9.17, 15) is 18.0 Å². The minimum Gasteiger partial charge on any atom is -0.399 e. The second-order valence-corrected chi connectivity index (χ2v) is 8.14. The molecule has 0 unspecified atom stereocenters. The SMILES string of the molecule is N=C(N)c1ccc(CNC(=O)Cc2c(F)c(NCC(F)(F)F)cc(Cl)c2-c2cccc(N)c2)cc1. The summed E-state index contributed by atoms with van der Waals surface area (Å²) in [5.41, 5.74) is 12.8. The number of hydrogen-bond donors (Lipinski definition) is 5. The summed E-state index contributed by atoms with van der Waals surface area (Å²) in [6.07, 6.45) is -5.07. The summed E-state index contributed by atoms with van der Waals surface area (Å²) in [7, 11) is 0. The van der Waals surface area contributed by atoms with Crippen LogP contribution >= 0.6 is 11.6 Å². The topological polar surface area (TPSA) is 117 Å². The summed E-state index contributed by atoms with van der Waals surface area (Å²) >= 11 is 6.35. The number of anilines is 2. The van der Waals surface area contributed by atoms with Crippen LogP contribution in [-0.2, 0) is 17.8 Å². The highest BCUT2D eigenvalue weighted by atomic mass is 35.5. The Labute approximate surface area is 203 Å². The monoisotopic (exact) mass is 507 g/mol. The molecule has 184 valence electrons. The largest absolute Gasteiger partial charge is 0.405 e. The predicted octanol–water partition coefficient (Wildman–Crippen LogP) is 4.85. The van der Waals surface area contributed by atoms with Crippen molar-refractivity contribution in [2.75, 3.05) is 17.6 Å². The molecule has 1 amide bonds. The fourth-order valence-electron chi connectivity index (χ4n) is 3.40. The van der Waals surface area contributed by atoms with E-state index in [1.54, 1.807) is 42.5 Å². The molecule has 0 heterocycles. The zero-order valence-electron chi connectivity index (χ0n) is 18.3. The number of carbonyl (C=O) groups is 1. The summed E-state index contributed by atoms with van der Waals surface area (Å²) in [5, 5.41) is 12.0. The molecule has 0 fully saturated rings. The lowest BCUT2D eigenvalue weighted by Gasteiger charge is -2.18. The highest BCUT2D eigenvalue weighted by molar-refractivity contribution is 6.34. The molecule has 0 atom stereocenters. The first-order chi connectivity index (χ1) is 16.4. The Morgan fingerprint density at radius 1 is 1.09 bits per heavy atom. The molecule has 0 aliphatic rings. The van der Waals surface area contributed by atoms with Crippen LogP contribution in [0.15, 0.2) is 54.6 Å². The van der Waals surface area contributed by atoms with Crippen LogP contribution in [0.1, 0.15) is 16.7 Å². The van der Waals surface area contributed by atoms with Gasteiger partial charge in [-0.2, -0.15) is 13.2 Å². The molecule has 0 saturated carbocycles. The van der Waals surface area contributed by atoms with Crippen LogP contribution in [0.2, 0.25) is 5.02 Å². The van der Waals surface area contributed by atoms with Gasteiger partial charge in [0.1, 0.15) is 12.4 Å². The molecule has 6 nitrogen and oxygen atoms in total. The van der Waals surface area contributed by atoms with E-state index in [1.807, 2.05) is 5.32 Å². The van der Waals surface area contributed by atoms with Gasteiger partial charge in [0.05, 0.1) is 17.1 Å². The predicted molar refractivity (Wildman–Crippen MR) is 129 cm³/mol. The van der Waals surface area contributed by atoms with Gasteiger partial charge in [-0.15, -0.1) is 0 Å². The molecule has 11 heteroatoms. The average molecular weight is 508 g/mol. The third kappa shape index (κ3) is 6.86. The first-order valence-electron chi connectivity index (χ1n) is 10.3. The Morgan fingerprint density at radius 3 is 2.37 bits per heavy atom. The van der Waals surface area contributed by atoms with Crippen molar-refractivity contribution >= 4 is 34.7 Å². The molecule has 3 rings (SSSR count). The number of amidine groups is 1. The fraction of sp³-hybridized carbons (Fsp3) is 0.167. The number of amides is 1. The lowest BCUT2D eigenvalue weighted by molar-refractivity contribution is -0.120. The third-order valence-electron chi connectivity index (χ3n) is 5.06. The van der Waals surface area contributed by atoms with Gasteiger partial charge in [-0.1, -0.05) is 48.0 Å². The van der Waals surface area contributed by atoms with E-state index in [1.165, 1.54) is 6.07 Å². The van der Waals surface area contributed by atoms with E-state index in [0.717, 1.165) is 6.07 Å². The second-order valence-electron chi connectivity index (χ2n) is 7.73. The summed E-state index contributed by atoms with van der Waals surface area (Å²) in [5.74, 6) is -1.69. The molecule has 0 aromatic heterocycles. The molecule has 3 aromatic rings. The average Bonchev–Trinajstić information content (AvgIpc) is 2.78. The minimum atomic E-state index is -4.58. The van der Waals surface area contributed by atoms with Crippen molar-refractivity contribution in [2.45, 2.75) is 19.1 Å². The number of nitrogens with two attached hydrogens (primary N) is 2. The number of benzene rings is 3. The number of carbonyl (C=O) groups excluding carboxylic acids is 1. The standard InChI is InChI=1S/C24H22ClF4N5O/c25-18-10-19(34-12-24(27,28)29)22(26)17(21(18)15-2-1-3-16(30)8-15)9-20(35)33-11-13-4-6-14(7-5-13)23(31)32/h1-8,10,34H,9,11-12,30H2,(H3,31,32)(H,33,35). The van der Waals surface area contributed by atoms with E-state index < -0.39 is 36.6 Å². The van der Waals surface area contributed by atoms with E-state index in [2.05, 4.69) is 5.32 Å². The summed E-state index contributed by atoms with van der Waals surface area (Å²) in [6.45, 7) is -1.37. The molecule has 7 N–H and O–H groups in total. The summed E-state index contributed by atoms with van der Waals surface area (Å²) < 4.78 is 53.5. The molecule has 0 aliphatic heterocycles. The molecule has 0 spiro atoms. The Balaban J connectivity index is 1.90. The van der Waals surface area contributed by atoms with Gasteiger partial charge < -0.3 is 22.1 Å². The van der Waals surface area contributed by atoms with E-state index >= 15 is 4.39 Å². The van der Waals surface area contributed by atoms with Crippen LogP contribution in [0, 0.1) is 11.2 Å². The number of alkyl halides is 3. The smallest absolute Gasteiger partial charge is 0.399 e. The third-order valence-corrected chi connectivity index (χ3v) is 5.36. The number of hydrogen-bond acceptors (Lipinski definition) is 4.